The highest BCUT2D eigenvalue weighted by Gasteiger charge is 2.58. The van der Waals surface area contributed by atoms with Crippen molar-refractivity contribution in [2.45, 2.75) is 142 Å². The number of aliphatic hydroxyl groups excluding tert-OH is 3. The van der Waals surface area contributed by atoms with Gasteiger partial charge in [0.25, 0.3) is 0 Å². The second kappa shape index (κ2) is 16.1. The van der Waals surface area contributed by atoms with Crippen LogP contribution in [-0.2, 0) is 19.2 Å². The number of carbonyl (C=O) groups is 2. The quantitative estimate of drug-likeness (QED) is 0.196. The minimum absolute atomic E-state index is 0.0229. The van der Waals surface area contributed by atoms with E-state index in [1.165, 1.54) is 6.42 Å². The maximum atomic E-state index is 15.3. The highest BCUT2D eigenvalue weighted by atomic mass is 19.1. The highest BCUT2D eigenvalue weighted by Crippen LogP contribution is 2.61. The Morgan fingerprint density at radius 2 is 1.80 bits per heavy atom. The molecule has 5 N–H and O–H groups in total. The lowest BCUT2D eigenvalue weighted by Crippen LogP contribution is -2.62. The Bertz CT molecular complexity index is 1120. The van der Waals surface area contributed by atoms with Crippen molar-refractivity contribution in [1.29, 1.82) is 0 Å². The number of hydroxylamine groups is 2. The summed E-state index contributed by atoms with van der Waals surface area (Å²) in [6, 6.07) is -1.05. The van der Waals surface area contributed by atoms with Crippen LogP contribution < -0.4 is 10.6 Å². The fourth-order valence-electron chi connectivity index (χ4n) is 11.0. The van der Waals surface area contributed by atoms with Crippen molar-refractivity contribution in [3.63, 3.8) is 0 Å². The van der Waals surface area contributed by atoms with Crippen molar-refractivity contribution >= 4 is 11.8 Å². The van der Waals surface area contributed by atoms with E-state index in [1.54, 1.807) is 19.1 Å². The van der Waals surface area contributed by atoms with Crippen LogP contribution in [0.1, 0.15) is 99.3 Å². The van der Waals surface area contributed by atoms with Gasteiger partial charge < -0.3 is 30.7 Å². The van der Waals surface area contributed by atoms with Gasteiger partial charge in [0, 0.05) is 37.5 Å². The molecule has 49 heavy (non-hydrogen) atoms. The number of carbonyl (C=O) groups excluding carboxylic acids is 2. The molecule has 0 spiro atoms. The summed E-state index contributed by atoms with van der Waals surface area (Å²) in [6.45, 7) is 12.6. The molecule has 8 unspecified atom stereocenters. The van der Waals surface area contributed by atoms with Crippen LogP contribution >= 0.6 is 0 Å². The summed E-state index contributed by atoms with van der Waals surface area (Å²) in [5.41, 5.74) is 0.292. The first-order valence-corrected chi connectivity index (χ1v) is 19.3. The van der Waals surface area contributed by atoms with E-state index in [0.717, 1.165) is 25.7 Å². The first kappa shape index (κ1) is 38.9. The van der Waals surface area contributed by atoms with Crippen LogP contribution in [0, 0.1) is 58.7 Å². The van der Waals surface area contributed by atoms with Crippen LogP contribution in [0.3, 0.4) is 0 Å². The molecule has 2 amide bonds. The monoisotopic (exact) mass is 695 g/mol. The van der Waals surface area contributed by atoms with E-state index >= 15 is 4.39 Å². The Kier molecular flexibility index (Phi) is 12.8. The molecule has 282 valence electrons. The second-order valence-electron chi connectivity index (χ2n) is 17.6. The van der Waals surface area contributed by atoms with Crippen LogP contribution in [0.2, 0.25) is 0 Å². The summed E-state index contributed by atoms with van der Waals surface area (Å²) < 4.78 is 21.5. The van der Waals surface area contributed by atoms with Gasteiger partial charge in [0.1, 0.15) is 18.3 Å². The number of alkyl halides is 1. The van der Waals surface area contributed by atoms with E-state index in [2.05, 4.69) is 31.4 Å². The van der Waals surface area contributed by atoms with Crippen molar-refractivity contribution in [3.05, 3.63) is 0 Å². The molecule has 11 heteroatoms. The number of methoxy groups -OCH3 is 1. The predicted molar refractivity (Wildman–Crippen MR) is 185 cm³/mol. The number of nitrogens with one attached hydrogen (secondary N) is 2. The minimum atomic E-state index is -1.09. The molecule has 0 aromatic rings. The molecule has 5 saturated carbocycles. The molecule has 10 nitrogen and oxygen atoms in total. The predicted octanol–water partition coefficient (Wildman–Crippen LogP) is 3.86. The third-order valence-electron chi connectivity index (χ3n) is 13.7. The highest BCUT2D eigenvalue weighted by molar-refractivity contribution is 5.83. The van der Waals surface area contributed by atoms with Gasteiger partial charge in [0.2, 0.25) is 11.8 Å². The van der Waals surface area contributed by atoms with Crippen LogP contribution in [0.15, 0.2) is 0 Å². The van der Waals surface area contributed by atoms with Gasteiger partial charge >= 0.3 is 0 Å². The number of hydrogen-bond acceptors (Lipinski definition) is 8. The summed E-state index contributed by atoms with van der Waals surface area (Å²) >= 11 is 0. The van der Waals surface area contributed by atoms with Crippen LogP contribution in [0.4, 0.5) is 4.39 Å². The van der Waals surface area contributed by atoms with E-state index in [4.69, 9.17) is 9.57 Å². The zero-order valence-corrected chi connectivity index (χ0v) is 31.0. The molecule has 6 aliphatic rings. The van der Waals surface area contributed by atoms with E-state index in [9.17, 15) is 24.9 Å². The average Bonchev–Trinajstić information content (AvgIpc) is 3.43. The zero-order valence-electron chi connectivity index (χ0n) is 31.0. The molecular formula is C38H66FN3O7. The zero-order chi connectivity index (χ0) is 35.8. The maximum absolute atomic E-state index is 15.3. The van der Waals surface area contributed by atoms with Crippen molar-refractivity contribution in [2.75, 3.05) is 26.9 Å². The van der Waals surface area contributed by atoms with Gasteiger partial charge in [-0.1, -0.05) is 41.0 Å². The van der Waals surface area contributed by atoms with Crippen LogP contribution in [0.25, 0.3) is 0 Å². The van der Waals surface area contributed by atoms with E-state index in [-0.39, 0.29) is 67.4 Å². The SMILES string of the molecule is COC1C(CN2O[C@@H](CO)[C@@H]([C@H](C)O)C2C(=O)N[C@H]2CC3C[C@@H]([C@@H]2C)C3(C)C)CCCC1C1CC(F)CC(C(=O)N[C@H](CO)CC(C)C)C1. The van der Waals surface area contributed by atoms with E-state index < -0.39 is 36.3 Å². The number of halogens is 1. The number of ether oxygens (including phenoxy) is 1. The molecule has 6 rings (SSSR count). The molecule has 1 aliphatic heterocycles. The van der Waals surface area contributed by atoms with Crippen molar-refractivity contribution in [2.24, 2.45) is 58.7 Å². The molecule has 1 heterocycles. The molecule has 1 saturated heterocycles. The third kappa shape index (κ3) is 8.17. The van der Waals surface area contributed by atoms with Gasteiger partial charge in [0.15, 0.2) is 0 Å². The molecule has 0 aromatic heterocycles. The summed E-state index contributed by atoms with van der Waals surface area (Å²) in [4.78, 5) is 33.8. The largest absolute Gasteiger partial charge is 0.394 e. The lowest BCUT2D eigenvalue weighted by atomic mass is 9.45. The number of hydrogen-bond donors (Lipinski definition) is 5. The van der Waals surface area contributed by atoms with Gasteiger partial charge in [-0.3, -0.25) is 14.4 Å². The van der Waals surface area contributed by atoms with Crippen LogP contribution in [-0.4, -0.2) is 102 Å². The normalized spacial score (nSPS) is 41.9. The number of nitrogens with zero attached hydrogens (tertiary/aromatic N) is 1. The third-order valence-corrected chi connectivity index (χ3v) is 13.7. The number of fused-ring (bicyclic) bond motifs is 2. The first-order valence-electron chi connectivity index (χ1n) is 19.3. The van der Waals surface area contributed by atoms with Gasteiger partial charge in [-0.25, -0.2) is 4.39 Å². The Morgan fingerprint density at radius 3 is 2.39 bits per heavy atom. The average molecular weight is 696 g/mol. The lowest BCUT2D eigenvalue weighted by Gasteiger charge is -2.62. The van der Waals surface area contributed by atoms with Gasteiger partial charge in [-0.05, 0) is 99.2 Å². The summed E-state index contributed by atoms with van der Waals surface area (Å²) in [5, 5.41) is 39.0. The Morgan fingerprint density at radius 1 is 1.06 bits per heavy atom. The molecule has 2 bridgehead atoms. The Balaban J connectivity index is 1.29. The lowest BCUT2D eigenvalue weighted by molar-refractivity contribution is -0.193. The first-order chi connectivity index (χ1) is 23.2. The van der Waals surface area contributed by atoms with Gasteiger partial charge in [0.05, 0.1) is 31.5 Å². The molecule has 5 aliphatic carbocycles. The number of amides is 2. The second-order valence-corrected chi connectivity index (χ2v) is 17.6. The van der Waals surface area contributed by atoms with Crippen molar-refractivity contribution in [1.82, 2.24) is 15.7 Å². The fourth-order valence-corrected chi connectivity index (χ4v) is 11.0. The van der Waals surface area contributed by atoms with E-state index in [0.29, 0.717) is 54.9 Å². The summed E-state index contributed by atoms with van der Waals surface area (Å²) in [7, 11) is 1.69. The molecule has 15 atom stereocenters. The Labute approximate surface area is 293 Å². The van der Waals surface area contributed by atoms with Gasteiger partial charge in [-0.15, -0.1) is 0 Å². The number of aliphatic hydroxyl groups is 3. The van der Waals surface area contributed by atoms with Crippen molar-refractivity contribution < 1.29 is 38.9 Å². The smallest absolute Gasteiger partial charge is 0.240 e. The van der Waals surface area contributed by atoms with Crippen molar-refractivity contribution in [3.8, 4) is 0 Å². The topological polar surface area (TPSA) is 141 Å². The standard InChI is InChI=1S/C38H66FN3O7/c1-20(2)11-28(18-43)40-36(46)25-12-24(13-27(39)14-25)29-10-8-9-23(35(29)48-7)17-42-34(33(22(4)45)32(19-44)49-42)37(47)41-31-16-26-15-30(21(31)3)38(26,5)6/h20-35,43-45H,8-19H2,1-7H3,(H,40,46)(H,41,47)/t21-,22-,23?,24?,25?,26?,27?,28-,29?,30-,31-,32-,33+,34?,35?/m0/s1. The molecular weight excluding hydrogens is 629 g/mol. The minimum Gasteiger partial charge on any atom is -0.394 e. The number of rotatable bonds is 13. The molecule has 0 radical (unpaired) electrons. The molecule has 0 aromatic carbocycles. The molecule has 6 fully saturated rings. The van der Waals surface area contributed by atoms with E-state index in [1.807, 2.05) is 13.8 Å². The van der Waals surface area contributed by atoms with Crippen LogP contribution in [0.5, 0.6) is 0 Å². The fraction of sp³-hybridized carbons (Fsp3) is 0.947. The summed E-state index contributed by atoms with van der Waals surface area (Å²) in [5.74, 6) is 0.383. The Hall–Kier alpha value is -1.37. The maximum Gasteiger partial charge on any atom is 0.240 e. The van der Waals surface area contributed by atoms with Gasteiger partial charge in [-0.2, -0.15) is 5.06 Å². The summed E-state index contributed by atoms with van der Waals surface area (Å²) in [6.07, 6.45) is 3.68.